The Morgan fingerprint density at radius 3 is 2.41 bits per heavy atom. The Hall–Kier alpha value is -3.23. The molecule has 0 aromatic heterocycles. The number of hydroxylamine groups is 1. The number of esters is 1. The molecule has 0 atom stereocenters. The summed E-state index contributed by atoms with van der Waals surface area (Å²) in [5.74, 6) is -0.0841. The molecule has 0 unspecified atom stereocenters. The minimum atomic E-state index is -4.90. The highest BCUT2D eigenvalue weighted by Gasteiger charge is 2.44. The van der Waals surface area contributed by atoms with Crippen LogP contribution in [0.5, 0.6) is 11.5 Å². The van der Waals surface area contributed by atoms with Gasteiger partial charge in [-0.3, -0.25) is 4.79 Å². The van der Waals surface area contributed by atoms with Gasteiger partial charge in [-0.2, -0.15) is 17.9 Å². The normalized spacial score (nSPS) is 14.2. The molecule has 154 valence electrons. The van der Waals surface area contributed by atoms with Gasteiger partial charge in [-0.25, -0.2) is 0 Å². The van der Waals surface area contributed by atoms with E-state index in [0.29, 0.717) is 23.5 Å². The second kappa shape index (κ2) is 8.42. The number of methoxy groups -OCH3 is 1. The monoisotopic (exact) mass is 409 g/mol. The Kier molecular flexibility index (Phi) is 5.95. The van der Waals surface area contributed by atoms with Gasteiger partial charge in [-0.1, -0.05) is 24.3 Å². The van der Waals surface area contributed by atoms with E-state index in [1.54, 1.807) is 18.2 Å². The number of ether oxygens (including phenoxy) is 3. The minimum Gasteiger partial charge on any atom is -0.623 e. The second-order valence-electron chi connectivity index (χ2n) is 6.26. The molecule has 29 heavy (non-hydrogen) atoms. The first-order valence-electron chi connectivity index (χ1n) is 8.72. The Morgan fingerprint density at radius 1 is 1.10 bits per heavy atom. The first kappa shape index (κ1) is 20.5. The molecule has 1 heterocycles. The van der Waals surface area contributed by atoms with Gasteiger partial charge in [0.15, 0.2) is 18.0 Å². The van der Waals surface area contributed by atoms with Crippen molar-refractivity contribution in [1.29, 1.82) is 0 Å². The SMILES string of the molecule is COC(=O)Cc1ccccc1C/[N+]([O-])=C(/c1ccc2c(c1)OCCO2)C(F)(F)F. The van der Waals surface area contributed by atoms with Crippen molar-refractivity contribution in [3.63, 3.8) is 0 Å². The van der Waals surface area contributed by atoms with E-state index in [9.17, 15) is 23.2 Å². The summed E-state index contributed by atoms with van der Waals surface area (Å²) in [6.45, 7) is -0.0803. The maximum Gasteiger partial charge on any atom is 0.478 e. The van der Waals surface area contributed by atoms with Gasteiger partial charge in [0, 0.05) is 5.56 Å². The van der Waals surface area contributed by atoms with Crippen LogP contribution in [0.1, 0.15) is 16.7 Å². The maximum absolute atomic E-state index is 13.7. The van der Waals surface area contributed by atoms with Crippen LogP contribution in [0.3, 0.4) is 0 Å². The van der Waals surface area contributed by atoms with E-state index in [2.05, 4.69) is 4.74 Å². The molecule has 9 heteroatoms. The summed E-state index contributed by atoms with van der Waals surface area (Å²) in [7, 11) is 1.21. The van der Waals surface area contributed by atoms with Gasteiger partial charge in [-0.15, -0.1) is 0 Å². The lowest BCUT2D eigenvalue weighted by atomic mass is 10.0. The van der Waals surface area contributed by atoms with Crippen LogP contribution in [-0.4, -0.2) is 42.9 Å². The van der Waals surface area contributed by atoms with Gasteiger partial charge in [0.25, 0.3) is 0 Å². The highest BCUT2D eigenvalue weighted by atomic mass is 19.4. The fourth-order valence-electron chi connectivity index (χ4n) is 2.99. The summed E-state index contributed by atoms with van der Waals surface area (Å²) in [4.78, 5) is 11.5. The van der Waals surface area contributed by atoms with E-state index in [1.807, 2.05) is 0 Å². The molecule has 0 saturated heterocycles. The topological polar surface area (TPSA) is 70.8 Å². The van der Waals surface area contributed by atoms with Crippen molar-refractivity contribution in [2.45, 2.75) is 19.1 Å². The zero-order valence-electron chi connectivity index (χ0n) is 15.5. The molecule has 0 N–H and O–H groups in total. The van der Waals surface area contributed by atoms with Crippen LogP contribution in [0.15, 0.2) is 42.5 Å². The van der Waals surface area contributed by atoms with E-state index in [1.165, 1.54) is 25.3 Å². The molecule has 0 amide bonds. The van der Waals surface area contributed by atoms with Crippen LogP contribution in [-0.2, 0) is 22.5 Å². The lowest BCUT2D eigenvalue weighted by Gasteiger charge is -2.20. The number of halogens is 3. The number of carbonyl (C=O) groups excluding carboxylic acids is 1. The molecule has 0 saturated carbocycles. The zero-order chi connectivity index (χ0) is 21.0. The molecule has 6 nitrogen and oxygen atoms in total. The highest BCUT2D eigenvalue weighted by molar-refractivity contribution is 6.01. The van der Waals surface area contributed by atoms with E-state index in [0.717, 1.165) is 6.07 Å². The van der Waals surface area contributed by atoms with Crippen LogP contribution < -0.4 is 9.47 Å². The van der Waals surface area contributed by atoms with Crippen LogP contribution in [0, 0.1) is 5.21 Å². The molecule has 3 rings (SSSR count). The molecule has 0 fully saturated rings. The number of fused-ring (bicyclic) bond motifs is 1. The lowest BCUT2D eigenvalue weighted by molar-refractivity contribution is -0.482. The van der Waals surface area contributed by atoms with Crippen molar-refractivity contribution < 1.29 is 36.9 Å². The summed E-state index contributed by atoms with van der Waals surface area (Å²) in [5.41, 5.74) is -0.972. The number of nitrogens with zero attached hydrogens (tertiary/aromatic N) is 1. The Labute approximate surface area is 164 Å². The number of alkyl halides is 3. The van der Waals surface area contributed by atoms with E-state index in [-0.39, 0.29) is 29.1 Å². The smallest absolute Gasteiger partial charge is 0.478 e. The Bertz CT molecular complexity index is 940. The van der Waals surface area contributed by atoms with Crippen molar-refractivity contribution in [1.82, 2.24) is 0 Å². The third-order valence-corrected chi connectivity index (χ3v) is 4.33. The standard InChI is InChI=1S/C20H18F3NO5/c1-27-18(25)11-13-4-2-3-5-15(13)12-24(26)19(20(21,22)23)14-6-7-16-17(10-14)29-9-8-28-16/h2-7,10H,8-9,11-12H2,1H3/b24-19+. The number of benzene rings is 2. The van der Waals surface area contributed by atoms with Gasteiger partial charge < -0.3 is 19.4 Å². The van der Waals surface area contributed by atoms with E-state index >= 15 is 0 Å². The van der Waals surface area contributed by atoms with Gasteiger partial charge in [0.1, 0.15) is 13.2 Å². The van der Waals surface area contributed by atoms with Crippen molar-refractivity contribution in [2.24, 2.45) is 0 Å². The molecular weight excluding hydrogens is 391 g/mol. The first-order chi connectivity index (χ1) is 13.8. The molecule has 0 bridgehead atoms. The number of hydrogen-bond acceptors (Lipinski definition) is 5. The number of carbonyl (C=O) groups is 1. The summed E-state index contributed by atoms with van der Waals surface area (Å²) in [6, 6.07) is 9.94. The van der Waals surface area contributed by atoms with E-state index in [4.69, 9.17) is 9.47 Å². The van der Waals surface area contributed by atoms with Crippen LogP contribution in [0.25, 0.3) is 0 Å². The van der Waals surface area contributed by atoms with Gasteiger partial charge in [-0.05, 0) is 23.8 Å². The van der Waals surface area contributed by atoms with Crippen molar-refractivity contribution in [3.05, 3.63) is 64.4 Å². The third-order valence-electron chi connectivity index (χ3n) is 4.33. The molecule has 1 aliphatic rings. The number of hydrogen-bond donors (Lipinski definition) is 0. The van der Waals surface area contributed by atoms with E-state index < -0.39 is 24.4 Å². The Morgan fingerprint density at radius 2 is 1.76 bits per heavy atom. The summed E-state index contributed by atoms with van der Waals surface area (Å²) in [5, 5.41) is 12.6. The molecule has 2 aromatic rings. The molecule has 1 aliphatic heterocycles. The molecular formula is C20H18F3NO5. The summed E-state index contributed by atoms with van der Waals surface area (Å²) < 4.78 is 56.3. The predicted molar refractivity (Wildman–Crippen MR) is 97.1 cm³/mol. The van der Waals surface area contributed by atoms with Crippen LogP contribution in [0.4, 0.5) is 13.2 Å². The summed E-state index contributed by atoms with van der Waals surface area (Å²) in [6.07, 6.45) is -5.05. The Balaban J connectivity index is 2.00. The minimum absolute atomic E-state index is 0.123. The predicted octanol–water partition coefficient (Wildman–Crippen LogP) is 3.24. The fourth-order valence-corrected chi connectivity index (χ4v) is 2.99. The van der Waals surface area contributed by atoms with Gasteiger partial charge in [0.2, 0.25) is 0 Å². The maximum atomic E-state index is 13.7. The summed E-state index contributed by atoms with van der Waals surface area (Å²) >= 11 is 0. The average Bonchev–Trinajstić information content (AvgIpc) is 2.68. The fraction of sp³-hybridized carbons (Fsp3) is 0.300. The first-order valence-corrected chi connectivity index (χ1v) is 8.72. The van der Waals surface area contributed by atoms with Gasteiger partial charge in [0.05, 0.1) is 19.1 Å². The van der Waals surface area contributed by atoms with Crippen molar-refractivity contribution in [2.75, 3.05) is 20.3 Å². The van der Waals surface area contributed by atoms with Crippen molar-refractivity contribution in [3.8, 4) is 11.5 Å². The highest BCUT2D eigenvalue weighted by Crippen LogP contribution is 2.33. The molecule has 0 radical (unpaired) electrons. The quantitative estimate of drug-likeness (QED) is 0.249. The number of rotatable bonds is 5. The lowest BCUT2D eigenvalue weighted by Crippen LogP contribution is -2.32. The van der Waals surface area contributed by atoms with Gasteiger partial charge >= 0.3 is 17.9 Å². The van der Waals surface area contributed by atoms with Crippen molar-refractivity contribution >= 4 is 11.7 Å². The zero-order valence-corrected chi connectivity index (χ0v) is 15.5. The molecule has 2 aromatic carbocycles. The second-order valence-corrected chi connectivity index (χ2v) is 6.26. The third kappa shape index (κ3) is 4.79. The molecule has 0 aliphatic carbocycles. The molecule has 0 spiro atoms. The van der Waals surface area contributed by atoms with Crippen LogP contribution >= 0.6 is 0 Å². The largest absolute Gasteiger partial charge is 0.623 e. The van der Waals surface area contributed by atoms with Crippen LogP contribution in [0.2, 0.25) is 0 Å². The average molecular weight is 409 g/mol.